The number of aliphatic hydroxyl groups is 1. The summed E-state index contributed by atoms with van der Waals surface area (Å²) in [6, 6.07) is 7.58. The lowest BCUT2D eigenvalue weighted by atomic mass is 10.1. The van der Waals surface area contributed by atoms with Gasteiger partial charge in [0.05, 0.1) is 13.2 Å². The number of carbonyl (C=O) groups excluding carboxylic acids is 1. The molecule has 1 saturated carbocycles. The summed E-state index contributed by atoms with van der Waals surface area (Å²) in [6.45, 7) is 3.58. The Labute approximate surface area is 119 Å². The van der Waals surface area contributed by atoms with Gasteiger partial charge in [-0.3, -0.25) is 0 Å². The second-order valence-corrected chi connectivity index (χ2v) is 5.43. The van der Waals surface area contributed by atoms with Crippen molar-refractivity contribution < 1.29 is 14.6 Å². The number of urea groups is 1. The first-order chi connectivity index (χ1) is 9.63. The Morgan fingerprint density at radius 1 is 1.30 bits per heavy atom. The molecule has 5 nitrogen and oxygen atoms in total. The van der Waals surface area contributed by atoms with Gasteiger partial charge in [-0.25, -0.2) is 4.79 Å². The largest absolute Gasteiger partial charge is 0.492 e. The number of hydrogen-bond donors (Lipinski definition) is 3. The van der Waals surface area contributed by atoms with Gasteiger partial charge >= 0.3 is 6.03 Å². The zero-order valence-electron chi connectivity index (χ0n) is 11.8. The lowest BCUT2D eigenvalue weighted by Gasteiger charge is -2.13. The zero-order valence-corrected chi connectivity index (χ0v) is 11.8. The van der Waals surface area contributed by atoms with Crippen LogP contribution in [0.4, 0.5) is 4.79 Å². The SMILES string of the molecule is Cc1ccc(OCCNC(=O)NCC2(CO)CC2)cc1. The molecule has 1 aromatic rings. The number of hydrogen-bond acceptors (Lipinski definition) is 3. The molecule has 0 unspecified atom stereocenters. The number of rotatable bonds is 7. The summed E-state index contributed by atoms with van der Waals surface area (Å²) in [5.41, 5.74) is 1.13. The molecule has 0 radical (unpaired) electrons. The summed E-state index contributed by atoms with van der Waals surface area (Å²) in [6.07, 6.45) is 1.97. The van der Waals surface area contributed by atoms with Crippen LogP contribution in [0.3, 0.4) is 0 Å². The van der Waals surface area contributed by atoms with E-state index in [1.165, 1.54) is 5.56 Å². The molecule has 1 fully saturated rings. The van der Waals surface area contributed by atoms with E-state index >= 15 is 0 Å². The van der Waals surface area contributed by atoms with Crippen molar-refractivity contribution in [3.05, 3.63) is 29.8 Å². The highest BCUT2D eigenvalue weighted by molar-refractivity contribution is 5.73. The molecule has 5 heteroatoms. The molecule has 1 aliphatic rings. The Morgan fingerprint density at radius 2 is 2.00 bits per heavy atom. The molecule has 0 atom stereocenters. The molecule has 1 aliphatic carbocycles. The summed E-state index contributed by atoms with van der Waals surface area (Å²) < 4.78 is 5.51. The second kappa shape index (κ2) is 6.61. The highest BCUT2D eigenvalue weighted by atomic mass is 16.5. The molecular formula is C15H22N2O3. The van der Waals surface area contributed by atoms with E-state index in [1.807, 2.05) is 31.2 Å². The summed E-state index contributed by atoms with van der Waals surface area (Å²) in [5, 5.41) is 14.6. The van der Waals surface area contributed by atoms with E-state index in [9.17, 15) is 4.79 Å². The van der Waals surface area contributed by atoms with Gasteiger partial charge in [0.25, 0.3) is 0 Å². The van der Waals surface area contributed by atoms with Crippen LogP contribution in [-0.2, 0) is 0 Å². The molecule has 0 saturated heterocycles. The van der Waals surface area contributed by atoms with Crippen LogP contribution in [0.25, 0.3) is 0 Å². The maximum absolute atomic E-state index is 11.5. The van der Waals surface area contributed by atoms with Crippen molar-refractivity contribution >= 4 is 6.03 Å². The Bertz CT molecular complexity index is 441. The number of amides is 2. The lowest BCUT2D eigenvalue weighted by molar-refractivity contribution is 0.202. The number of ether oxygens (including phenoxy) is 1. The van der Waals surface area contributed by atoms with E-state index < -0.39 is 0 Å². The van der Waals surface area contributed by atoms with Crippen molar-refractivity contribution in [2.24, 2.45) is 5.41 Å². The van der Waals surface area contributed by atoms with E-state index in [-0.39, 0.29) is 18.1 Å². The van der Waals surface area contributed by atoms with Gasteiger partial charge in [-0.1, -0.05) is 17.7 Å². The lowest BCUT2D eigenvalue weighted by Crippen LogP contribution is -2.41. The highest BCUT2D eigenvalue weighted by Gasteiger charge is 2.41. The minimum absolute atomic E-state index is 0.0598. The molecule has 2 rings (SSSR count). The summed E-state index contributed by atoms with van der Waals surface area (Å²) in [7, 11) is 0. The van der Waals surface area contributed by atoms with Gasteiger partial charge < -0.3 is 20.5 Å². The van der Waals surface area contributed by atoms with Gasteiger partial charge in [0.15, 0.2) is 0 Å². The third-order valence-corrected chi connectivity index (χ3v) is 3.59. The molecule has 110 valence electrons. The van der Waals surface area contributed by atoms with Gasteiger partial charge in [-0.05, 0) is 31.9 Å². The van der Waals surface area contributed by atoms with E-state index in [0.717, 1.165) is 18.6 Å². The van der Waals surface area contributed by atoms with Gasteiger partial charge in [0.1, 0.15) is 12.4 Å². The monoisotopic (exact) mass is 278 g/mol. The van der Waals surface area contributed by atoms with E-state index in [2.05, 4.69) is 10.6 Å². The van der Waals surface area contributed by atoms with Crippen molar-refractivity contribution in [1.29, 1.82) is 0 Å². The third kappa shape index (κ3) is 4.42. The molecule has 1 aromatic carbocycles. The second-order valence-electron chi connectivity index (χ2n) is 5.43. The Hall–Kier alpha value is -1.75. The van der Waals surface area contributed by atoms with Crippen LogP contribution >= 0.6 is 0 Å². The average molecular weight is 278 g/mol. The minimum Gasteiger partial charge on any atom is -0.492 e. The fourth-order valence-electron chi connectivity index (χ4n) is 1.87. The van der Waals surface area contributed by atoms with Crippen molar-refractivity contribution in [1.82, 2.24) is 10.6 Å². The molecule has 0 heterocycles. The van der Waals surface area contributed by atoms with Crippen LogP contribution < -0.4 is 15.4 Å². The Kier molecular flexibility index (Phi) is 4.84. The number of benzene rings is 1. The van der Waals surface area contributed by atoms with E-state index in [4.69, 9.17) is 9.84 Å². The van der Waals surface area contributed by atoms with Gasteiger partial charge in [-0.15, -0.1) is 0 Å². The van der Waals surface area contributed by atoms with Crippen molar-refractivity contribution in [2.45, 2.75) is 19.8 Å². The normalized spacial score (nSPS) is 15.5. The van der Waals surface area contributed by atoms with E-state index in [0.29, 0.717) is 19.7 Å². The fourth-order valence-corrected chi connectivity index (χ4v) is 1.87. The maximum Gasteiger partial charge on any atom is 0.314 e. The average Bonchev–Trinajstić information content (AvgIpc) is 3.24. The van der Waals surface area contributed by atoms with Crippen molar-refractivity contribution in [3.63, 3.8) is 0 Å². The molecular weight excluding hydrogens is 256 g/mol. The minimum atomic E-state index is -0.211. The number of carbonyl (C=O) groups is 1. The summed E-state index contributed by atoms with van der Waals surface area (Å²) in [5.74, 6) is 0.801. The predicted molar refractivity (Wildman–Crippen MR) is 76.8 cm³/mol. The number of aliphatic hydroxyl groups excluding tert-OH is 1. The smallest absolute Gasteiger partial charge is 0.314 e. The summed E-state index contributed by atoms with van der Waals surface area (Å²) >= 11 is 0. The van der Waals surface area contributed by atoms with Crippen LogP contribution in [0.15, 0.2) is 24.3 Å². The van der Waals surface area contributed by atoms with Gasteiger partial charge in [0.2, 0.25) is 0 Å². The van der Waals surface area contributed by atoms with Crippen molar-refractivity contribution in [3.8, 4) is 5.75 Å². The molecule has 3 N–H and O–H groups in total. The van der Waals surface area contributed by atoms with Gasteiger partial charge in [-0.2, -0.15) is 0 Å². The number of aryl methyl sites for hydroxylation is 1. The topological polar surface area (TPSA) is 70.6 Å². The molecule has 0 aromatic heterocycles. The van der Waals surface area contributed by atoms with Gasteiger partial charge in [0, 0.05) is 12.0 Å². The Morgan fingerprint density at radius 3 is 2.60 bits per heavy atom. The molecule has 0 spiro atoms. The standard InChI is InChI=1S/C15H22N2O3/c1-12-2-4-13(5-3-12)20-9-8-16-14(19)17-10-15(11-18)6-7-15/h2-5,18H,6-11H2,1H3,(H2,16,17,19). The van der Waals surface area contributed by atoms with Crippen molar-refractivity contribution in [2.75, 3.05) is 26.3 Å². The number of nitrogens with one attached hydrogen (secondary N) is 2. The predicted octanol–water partition coefficient (Wildman–Crippen LogP) is 1.45. The third-order valence-electron chi connectivity index (χ3n) is 3.59. The van der Waals surface area contributed by atoms with E-state index in [1.54, 1.807) is 0 Å². The Balaban J connectivity index is 1.56. The first-order valence-corrected chi connectivity index (χ1v) is 6.96. The fraction of sp³-hybridized carbons (Fsp3) is 0.533. The highest BCUT2D eigenvalue weighted by Crippen LogP contribution is 2.44. The quantitative estimate of drug-likeness (QED) is 0.661. The molecule has 0 aliphatic heterocycles. The van der Waals surface area contributed by atoms with Crippen LogP contribution in [0, 0.1) is 12.3 Å². The first-order valence-electron chi connectivity index (χ1n) is 6.96. The van der Waals surface area contributed by atoms with Crippen LogP contribution in [0.1, 0.15) is 18.4 Å². The maximum atomic E-state index is 11.5. The molecule has 0 bridgehead atoms. The summed E-state index contributed by atoms with van der Waals surface area (Å²) in [4.78, 5) is 11.5. The zero-order chi connectivity index (χ0) is 14.4. The first kappa shape index (κ1) is 14.7. The molecule has 20 heavy (non-hydrogen) atoms. The molecule has 2 amide bonds. The van der Waals surface area contributed by atoms with Crippen LogP contribution in [0.2, 0.25) is 0 Å². The van der Waals surface area contributed by atoms with Crippen LogP contribution in [-0.4, -0.2) is 37.4 Å². The van der Waals surface area contributed by atoms with Crippen LogP contribution in [0.5, 0.6) is 5.75 Å².